The first-order valence-corrected chi connectivity index (χ1v) is 6.80. The highest BCUT2D eigenvalue weighted by molar-refractivity contribution is 6.33. The summed E-state index contributed by atoms with van der Waals surface area (Å²) in [5, 5.41) is 10.7. The normalized spacial score (nSPS) is 34.0. The first-order chi connectivity index (χ1) is 9.25. The maximum absolute atomic E-state index is 10.4. The third-order valence-electron chi connectivity index (χ3n) is 4.07. The molecule has 1 N–H and O–H groups in total. The lowest BCUT2D eigenvalue weighted by Gasteiger charge is -2.22. The molecule has 6 nitrogen and oxygen atoms in total. The number of imidazole rings is 1. The summed E-state index contributed by atoms with van der Waals surface area (Å²) in [6.45, 7) is 0. The molecule has 0 aliphatic carbocycles. The number of ether oxygens (including phenoxy) is 1. The zero-order valence-corrected chi connectivity index (χ0v) is 10.9. The van der Waals surface area contributed by atoms with Crippen LogP contribution >= 0.6 is 11.6 Å². The van der Waals surface area contributed by atoms with E-state index in [0.29, 0.717) is 16.3 Å². The van der Waals surface area contributed by atoms with Crippen LogP contribution in [-0.2, 0) is 4.74 Å². The Hall–Kier alpha value is -1.24. The van der Waals surface area contributed by atoms with Crippen LogP contribution in [0.4, 0.5) is 0 Å². The molecular formula is C12H13ClN4O2. The molecule has 4 rings (SSSR count). The third kappa shape index (κ3) is 1.60. The van der Waals surface area contributed by atoms with Crippen LogP contribution in [0.1, 0.15) is 25.3 Å². The molecule has 2 aliphatic heterocycles. The Labute approximate surface area is 114 Å². The Bertz CT molecular complexity index is 629. The van der Waals surface area contributed by atoms with Crippen LogP contribution in [0.2, 0.25) is 5.15 Å². The zero-order chi connectivity index (χ0) is 13.0. The Balaban J connectivity index is 1.84. The number of aliphatic hydroxyl groups is 1. The number of rotatable bonds is 1. The van der Waals surface area contributed by atoms with E-state index in [0.717, 1.165) is 19.3 Å². The molecule has 2 saturated heterocycles. The van der Waals surface area contributed by atoms with Gasteiger partial charge in [0, 0.05) is 0 Å². The van der Waals surface area contributed by atoms with E-state index < -0.39 is 6.10 Å². The van der Waals surface area contributed by atoms with Gasteiger partial charge in [0.15, 0.2) is 10.8 Å². The van der Waals surface area contributed by atoms with Gasteiger partial charge in [-0.1, -0.05) is 11.6 Å². The van der Waals surface area contributed by atoms with Crippen LogP contribution < -0.4 is 0 Å². The van der Waals surface area contributed by atoms with Gasteiger partial charge in [0.2, 0.25) is 0 Å². The highest BCUT2D eigenvalue weighted by Crippen LogP contribution is 2.41. The molecule has 0 saturated carbocycles. The Morgan fingerprint density at radius 1 is 1.26 bits per heavy atom. The van der Waals surface area contributed by atoms with Crippen molar-refractivity contribution in [2.45, 2.75) is 43.6 Å². The van der Waals surface area contributed by atoms with E-state index in [1.165, 1.54) is 6.33 Å². The quantitative estimate of drug-likeness (QED) is 0.798. The molecule has 0 amide bonds. The molecule has 7 heteroatoms. The van der Waals surface area contributed by atoms with Crippen LogP contribution in [0, 0.1) is 0 Å². The number of fused-ring (bicyclic) bond motifs is 3. The average molecular weight is 281 g/mol. The first kappa shape index (κ1) is 11.6. The third-order valence-corrected chi connectivity index (χ3v) is 4.35. The molecule has 2 bridgehead atoms. The van der Waals surface area contributed by atoms with E-state index in [9.17, 15) is 5.11 Å². The fourth-order valence-electron chi connectivity index (χ4n) is 3.21. The van der Waals surface area contributed by atoms with Crippen LogP contribution in [-0.4, -0.2) is 42.9 Å². The van der Waals surface area contributed by atoms with Gasteiger partial charge >= 0.3 is 0 Å². The van der Waals surface area contributed by atoms with Gasteiger partial charge in [-0.2, -0.15) is 0 Å². The van der Waals surface area contributed by atoms with Crippen molar-refractivity contribution in [2.24, 2.45) is 0 Å². The molecule has 0 spiro atoms. The summed E-state index contributed by atoms with van der Waals surface area (Å²) in [6, 6.07) is -0.136. The van der Waals surface area contributed by atoms with Crippen molar-refractivity contribution in [1.82, 2.24) is 19.5 Å². The molecule has 0 unspecified atom stereocenters. The number of hydrogen-bond donors (Lipinski definition) is 1. The monoisotopic (exact) mass is 280 g/mol. The average Bonchev–Trinajstić information content (AvgIpc) is 2.92. The summed E-state index contributed by atoms with van der Waals surface area (Å²) in [5.74, 6) is 0. The van der Waals surface area contributed by atoms with Crippen LogP contribution in [0.15, 0.2) is 12.7 Å². The van der Waals surface area contributed by atoms with Crippen molar-refractivity contribution in [3.63, 3.8) is 0 Å². The molecule has 2 aromatic rings. The first-order valence-electron chi connectivity index (χ1n) is 6.42. The minimum atomic E-state index is -0.515. The summed E-state index contributed by atoms with van der Waals surface area (Å²) in [4.78, 5) is 12.4. The van der Waals surface area contributed by atoms with Crippen molar-refractivity contribution < 1.29 is 9.84 Å². The fraction of sp³-hybridized carbons (Fsp3) is 0.583. The van der Waals surface area contributed by atoms with Gasteiger partial charge < -0.3 is 14.4 Å². The highest BCUT2D eigenvalue weighted by Gasteiger charge is 2.47. The van der Waals surface area contributed by atoms with Crippen LogP contribution in [0.5, 0.6) is 0 Å². The smallest absolute Gasteiger partial charge is 0.165 e. The molecular weight excluding hydrogens is 268 g/mol. The predicted octanol–water partition coefficient (Wildman–Crippen LogP) is 1.33. The minimum Gasteiger partial charge on any atom is -0.388 e. The second kappa shape index (κ2) is 4.13. The Kier molecular flexibility index (Phi) is 2.51. The van der Waals surface area contributed by atoms with Crippen molar-refractivity contribution in [2.75, 3.05) is 0 Å². The van der Waals surface area contributed by atoms with Gasteiger partial charge in [0.05, 0.1) is 24.6 Å². The summed E-state index contributed by atoms with van der Waals surface area (Å²) in [6.07, 6.45) is 5.48. The van der Waals surface area contributed by atoms with Crippen molar-refractivity contribution in [3.05, 3.63) is 17.8 Å². The van der Waals surface area contributed by atoms with Gasteiger partial charge in [-0.3, -0.25) is 0 Å². The molecule has 100 valence electrons. The van der Waals surface area contributed by atoms with Gasteiger partial charge in [0.25, 0.3) is 0 Å². The van der Waals surface area contributed by atoms with E-state index in [-0.39, 0.29) is 18.2 Å². The van der Waals surface area contributed by atoms with Crippen LogP contribution in [0.3, 0.4) is 0 Å². The lowest BCUT2D eigenvalue weighted by molar-refractivity contribution is -0.0229. The van der Waals surface area contributed by atoms with E-state index in [4.69, 9.17) is 16.3 Å². The Morgan fingerprint density at radius 3 is 2.95 bits per heavy atom. The number of aromatic nitrogens is 4. The molecule has 0 radical (unpaired) electrons. The van der Waals surface area contributed by atoms with Gasteiger partial charge in [0.1, 0.15) is 17.9 Å². The largest absolute Gasteiger partial charge is 0.388 e. The number of aliphatic hydroxyl groups excluding tert-OH is 1. The second-order valence-electron chi connectivity index (χ2n) is 5.11. The minimum absolute atomic E-state index is 0.0277. The van der Waals surface area contributed by atoms with E-state index in [1.807, 2.05) is 4.57 Å². The van der Waals surface area contributed by atoms with E-state index >= 15 is 0 Å². The van der Waals surface area contributed by atoms with Crippen molar-refractivity contribution >= 4 is 22.8 Å². The van der Waals surface area contributed by atoms with E-state index in [2.05, 4.69) is 15.0 Å². The number of nitrogens with zero attached hydrogens (tertiary/aromatic N) is 4. The fourth-order valence-corrected chi connectivity index (χ4v) is 3.39. The number of halogens is 1. The van der Waals surface area contributed by atoms with Gasteiger partial charge in [-0.05, 0) is 19.3 Å². The summed E-state index contributed by atoms with van der Waals surface area (Å²) in [5.41, 5.74) is 1.22. The maximum atomic E-state index is 10.4. The SMILES string of the molecule is O[C@@H]1[C@H](n2cnc3c(Cl)ncnc32)[C@H]2CCC[C@@H]1O2. The van der Waals surface area contributed by atoms with Gasteiger partial charge in [-0.25, -0.2) is 15.0 Å². The standard InChI is InChI=1S/C12H13ClN4O2/c13-11-8-12(15-4-14-11)17(5-16-8)9-6-2-1-3-7(19-6)10(9)18/h4-7,9-10,18H,1-3H2/t6-,7+,9-,10+/m1/s1. The highest BCUT2D eigenvalue weighted by atomic mass is 35.5. The predicted molar refractivity (Wildman–Crippen MR) is 67.9 cm³/mol. The molecule has 2 aliphatic rings. The molecule has 2 fully saturated rings. The van der Waals surface area contributed by atoms with Crippen molar-refractivity contribution in [3.8, 4) is 0 Å². The summed E-state index contributed by atoms with van der Waals surface area (Å²) in [7, 11) is 0. The molecule has 4 heterocycles. The van der Waals surface area contributed by atoms with E-state index in [1.54, 1.807) is 6.33 Å². The lowest BCUT2D eigenvalue weighted by atomic mass is 10.1. The zero-order valence-electron chi connectivity index (χ0n) is 10.1. The molecule has 19 heavy (non-hydrogen) atoms. The lowest BCUT2D eigenvalue weighted by Crippen LogP contribution is -2.28. The topological polar surface area (TPSA) is 73.1 Å². The summed E-state index contributed by atoms with van der Waals surface area (Å²) >= 11 is 6.00. The molecule has 2 aromatic heterocycles. The maximum Gasteiger partial charge on any atom is 0.165 e. The molecule has 4 atom stereocenters. The Morgan fingerprint density at radius 2 is 2.11 bits per heavy atom. The van der Waals surface area contributed by atoms with Crippen LogP contribution in [0.25, 0.3) is 11.2 Å². The number of hydrogen-bond acceptors (Lipinski definition) is 5. The molecule has 0 aromatic carbocycles. The van der Waals surface area contributed by atoms with Crippen molar-refractivity contribution in [1.29, 1.82) is 0 Å². The summed E-state index contributed by atoms with van der Waals surface area (Å²) < 4.78 is 7.73. The van der Waals surface area contributed by atoms with Gasteiger partial charge in [-0.15, -0.1) is 0 Å². The second-order valence-corrected chi connectivity index (χ2v) is 5.47.